The van der Waals surface area contributed by atoms with Gasteiger partial charge in [-0.05, 0) is 48.8 Å². The van der Waals surface area contributed by atoms with Gasteiger partial charge in [0.15, 0.2) is 0 Å². The minimum atomic E-state index is -0.214. The van der Waals surface area contributed by atoms with Gasteiger partial charge in [-0.25, -0.2) is 0 Å². The van der Waals surface area contributed by atoms with Crippen molar-refractivity contribution in [2.24, 2.45) is 0 Å². The van der Waals surface area contributed by atoms with Gasteiger partial charge in [0.05, 0.1) is 12.1 Å². The fourth-order valence-corrected chi connectivity index (χ4v) is 3.03. The number of hydrogen-bond donors (Lipinski definition) is 1. The molecule has 1 heterocycles. The highest BCUT2D eigenvalue weighted by Crippen LogP contribution is 2.18. The lowest BCUT2D eigenvalue weighted by molar-refractivity contribution is -0.124. The first-order chi connectivity index (χ1) is 10.8. The predicted molar refractivity (Wildman–Crippen MR) is 94.4 cm³/mol. The zero-order chi connectivity index (χ0) is 17.0. The molecule has 0 unspecified atom stereocenters. The van der Waals surface area contributed by atoms with Gasteiger partial charge in [-0.3, -0.25) is 14.5 Å². The second-order valence-corrected chi connectivity index (χ2v) is 7.70. The summed E-state index contributed by atoms with van der Waals surface area (Å²) >= 11 is 3.43. The largest absolute Gasteiger partial charge is 0.350 e. The van der Waals surface area contributed by atoms with Crippen molar-refractivity contribution < 1.29 is 9.59 Å². The van der Waals surface area contributed by atoms with Crippen molar-refractivity contribution in [2.75, 3.05) is 32.7 Å². The Hall–Kier alpha value is -1.40. The average Bonchev–Trinajstić information content (AvgIpc) is 2.46. The zero-order valence-electron chi connectivity index (χ0n) is 13.9. The summed E-state index contributed by atoms with van der Waals surface area (Å²) in [5.74, 6) is 0.0688. The van der Waals surface area contributed by atoms with Gasteiger partial charge < -0.3 is 10.2 Å². The summed E-state index contributed by atoms with van der Waals surface area (Å²) in [5, 5.41) is 2.97. The highest BCUT2D eigenvalue weighted by molar-refractivity contribution is 9.10. The maximum absolute atomic E-state index is 12.5. The van der Waals surface area contributed by atoms with E-state index in [1.807, 2.05) is 49.9 Å². The molecule has 0 bridgehead atoms. The van der Waals surface area contributed by atoms with E-state index in [0.717, 1.165) is 4.47 Å². The number of benzene rings is 1. The molecular formula is C17H24BrN3O2. The second kappa shape index (κ2) is 7.45. The van der Waals surface area contributed by atoms with E-state index in [-0.39, 0.29) is 17.4 Å². The summed E-state index contributed by atoms with van der Waals surface area (Å²) in [6.45, 7) is 9.01. The Labute approximate surface area is 146 Å². The lowest BCUT2D eigenvalue weighted by Gasteiger charge is -2.35. The SMILES string of the molecule is CC(C)(C)NC(=O)CN1CCN(C(=O)c2ccccc2Br)CC1. The first-order valence-corrected chi connectivity index (χ1v) is 8.63. The molecule has 1 fully saturated rings. The number of carbonyl (C=O) groups is 2. The molecule has 5 nitrogen and oxygen atoms in total. The molecule has 126 valence electrons. The number of piperazine rings is 1. The molecule has 23 heavy (non-hydrogen) atoms. The predicted octanol–water partition coefficient (Wildman–Crippen LogP) is 2.12. The Bertz CT molecular complexity index is 575. The molecule has 0 aliphatic carbocycles. The molecule has 2 rings (SSSR count). The lowest BCUT2D eigenvalue weighted by atomic mass is 10.1. The van der Waals surface area contributed by atoms with Gasteiger partial charge in [0.2, 0.25) is 5.91 Å². The summed E-state index contributed by atoms with van der Waals surface area (Å²) in [4.78, 5) is 28.4. The molecule has 1 aromatic rings. The molecule has 0 atom stereocenters. The van der Waals surface area contributed by atoms with Gasteiger partial charge in [-0.1, -0.05) is 12.1 Å². The van der Waals surface area contributed by atoms with E-state index in [0.29, 0.717) is 38.3 Å². The van der Waals surface area contributed by atoms with Crippen LogP contribution in [0.1, 0.15) is 31.1 Å². The number of nitrogens with zero attached hydrogens (tertiary/aromatic N) is 2. The van der Waals surface area contributed by atoms with E-state index in [1.54, 1.807) is 0 Å². The van der Waals surface area contributed by atoms with Crippen LogP contribution in [-0.2, 0) is 4.79 Å². The number of nitrogens with one attached hydrogen (secondary N) is 1. The molecule has 1 saturated heterocycles. The number of halogens is 1. The molecule has 1 aromatic carbocycles. The normalized spacial score (nSPS) is 16.3. The number of carbonyl (C=O) groups excluding carboxylic acids is 2. The van der Waals surface area contributed by atoms with E-state index in [1.165, 1.54) is 0 Å². The smallest absolute Gasteiger partial charge is 0.255 e. The number of amides is 2. The van der Waals surface area contributed by atoms with E-state index in [9.17, 15) is 9.59 Å². The van der Waals surface area contributed by atoms with E-state index >= 15 is 0 Å². The third-order valence-electron chi connectivity index (χ3n) is 3.65. The van der Waals surface area contributed by atoms with Crippen LogP contribution in [0.15, 0.2) is 28.7 Å². The topological polar surface area (TPSA) is 52.7 Å². The Morgan fingerprint density at radius 1 is 1.13 bits per heavy atom. The third-order valence-corrected chi connectivity index (χ3v) is 4.34. The third kappa shape index (κ3) is 5.32. The summed E-state index contributed by atoms with van der Waals surface area (Å²) < 4.78 is 0.817. The van der Waals surface area contributed by atoms with Gasteiger partial charge in [0, 0.05) is 36.2 Å². The molecule has 2 amide bonds. The van der Waals surface area contributed by atoms with Gasteiger partial charge >= 0.3 is 0 Å². The zero-order valence-corrected chi connectivity index (χ0v) is 15.5. The van der Waals surface area contributed by atoms with Crippen molar-refractivity contribution in [3.8, 4) is 0 Å². The van der Waals surface area contributed by atoms with Crippen molar-refractivity contribution in [1.29, 1.82) is 0 Å². The summed E-state index contributed by atoms with van der Waals surface area (Å²) in [6, 6.07) is 7.47. The first-order valence-electron chi connectivity index (χ1n) is 7.83. The minimum Gasteiger partial charge on any atom is -0.350 e. The monoisotopic (exact) mass is 381 g/mol. The van der Waals surface area contributed by atoms with Crippen LogP contribution in [0, 0.1) is 0 Å². The van der Waals surface area contributed by atoms with E-state index < -0.39 is 0 Å². The van der Waals surface area contributed by atoms with Crippen LogP contribution in [0.5, 0.6) is 0 Å². The Balaban J connectivity index is 1.85. The van der Waals surface area contributed by atoms with E-state index in [4.69, 9.17) is 0 Å². The van der Waals surface area contributed by atoms with Gasteiger partial charge in [-0.2, -0.15) is 0 Å². The molecule has 1 aliphatic rings. The van der Waals surface area contributed by atoms with Gasteiger partial charge in [0.1, 0.15) is 0 Å². The lowest BCUT2D eigenvalue weighted by Crippen LogP contribution is -2.52. The van der Waals surface area contributed by atoms with Crippen LogP contribution >= 0.6 is 15.9 Å². The van der Waals surface area contributed by atoms with Crippen molar-refractivity contribution >= 4 is 27.7 Å². The molecular weight excluding hydrogens is 358 g/mol. The quantitative estimate of drug-likeness (QED) is 0.872. The van der Waals surface area contributed by atoms with Crippen LogP contribution in [0.3, 0.4) is 0 Å². The Kier molecular flexibility index (Phi) is 5.81. The van der Waals surface area contributed by atoms with Crippen molar-refractivity contribution in [1.82, 2.24) is 15.1 Å². The Morgan fingerprint density at radius 2 is 1.74 bits per heavy atom. The Morgan fingerprint density at radius 3 is 2.30 bits per heavy atom. The number of rotatable bonds is 3. The number of hydrogen-bond acceptors (Lipinski definition) is 3. The summed E-state index contributed by atoms with van der Waals surface area (Å²) in [5.41, 5.74) is 0.473. The highest BCUT2D eigenvalue weighted by atomic mass is 79.9. The maximum atomic E-state index is 12.5. The molecule has 0 saturated carbocycles. The fourth-order valence-electron chi connectivity index (χ4n) is 2.57. The van der Waals surface area contributed by atoms with Crippen molar-refractivity contribution in [3.05, 3.63) is 34.3 Å². The fraction of sp³-hybridized carbons (Fsp3) is 0.529. The summed E-state index contributed by atoms with van der Waals surface area (Å²) in [7, 11) is 0. The van der Waals surface area contributed by atoms with Crippen molar-refractivity contribution in [3.63, 3.8) is 0 Å². The van der Waals surface area contributed by atoms with Crippen LogP contribution in [0.25, 0.3) is 0 Å². The summed E-state index contributed by atoms with van der Waals surface area (Å²) in [6.07, 6.45) is 0. The van der Waals surface area contributed by atoms with E-state index in [2.05, 4.69) is 26.1 Å². The van der Waals surface area contributed by atoms with Gasteiger partial charge in [-0.15, -0.1) is 0 Å². The van der Waals surface area contributed by atoms with Gasteiger partial charge in [0.25, 0.3) is 5.91 Å². The average molecular weight is 382 g/mol. The van der Waals surface area contributed by atoms with Crippen molar-refractivity contribution in [2.45, 2.75) is 26.3 Å². The molecule has 0 radical (unpaired) electrons. The molecule has 0 spiro atoms. The molecule has 0 aromatic heterocycles. The second-order valence-electron chi connectivity index (χ2n) is 6.85. The molecule has 6 heteroatoms. The molecule has 1 N–H and O–H groups in total. The highest BCUT2D eigenvalue weighted by Gasteiger charge is 2.25. The first kappa shape index (κ1) is 17.9. The minimum absolute atomic E-state index is 0.0306. The van der Waals surface area contributed by atoms with Crippen LogP contribution in [0.4, 0.5) is 0 Å². The van der Waals surface area contributed by atoms with Crippen LogP contribution in [0.2, 0.25) is 0 Å². The maximum Gasteiger partial charge on any atom is 0.255 e. The van der Waals surface area contributed by atoms with Crippen LogP contribution < -0.4 is 5.32 Å². The molecule has 1 aliphatic heterocycles. The standard InChI is InChI=1S/C17H24BrN3O2/c1-17(2,3)19-15(22)12-20-8-10-21(11-9-20)16(23)13-6-4-5-7-14(13)18/h4-7H,8-12H2,1-3H3,(H,19,22). The van der Waals surface area contributed by atoms with Crippen LogP contribution in [-0.4, -0.2) is 59.9 Å².